The summed E-state index contributed by atoms with van der Waals surface area (Å²) >= 11 is 0. The van der Waals surface area contributed by atoms with E-state index in [0.29, 0.717) is 24.0 Å². The van der Waals surface area contributed by atoms with E-state index in [4.69, 9.17) is 9.47 Å². The topological polar surface area (TPSA) is 67.8 Å². The lowest BCUT2D eigenvalue weighted by molar-refractivity contribution is -0.123. The number of nitrogens with one attached hydrogen (secondary N) is 1. The molecule has 20 heavy (non-hydrogen) atoms. The van der Waals surface area contributed by atoms with Crippen molar-refractivity contribution in [1.82, 2.24) is 5.32 Å². The smallest absolute Gasteiger partial charge is 0.257 e. The zero-order valence-corrected chi connectivity index (χ0v) is 12.5. The number of ether oxygens (including phenoxy) is 2. The second-order valence-electron chi connectivity index (χ2n) is 5.07. The summed E-state index contributed by atoms with van der Waals surface area (Å²) in [4.78, 5) is 11.6. The molecule has 0 radical (unpaired) electrons. The largest absolute Gasteiger partial charge is 0.493 e. The molecule has 5 heteroatoms. The van der Waals surface area contributed by atoms with Gasteiger partial charge < -0.3 is 19.9 Å². The van der Waals surface area contributed by atoms with Gasteiger partial charge >= 0.3 is 0 Å². The number of rotatable bonds is 7. The van der Waals surface area contributed by atoms with Crippen molar-refractivity contribution in [2.24, 2.45) is 5.92 Å². The first-order valence-corrected chi connectivity index (χ1v) is 6.69. The average Bonchev–Trinajstić information content (AvgIpc) is 2.42. The summed E-state index contributed by atoms with van der Waals surface area (Å²) in [5.74, 6) is 1.22. The van der Waals surface area contributed by atoms with Gasteiger partial charge in [-0.2, -0.15) is 0 Å². The summed E-state index contributed by atoms with van der Waals surface area (Å²) in [5, 5.41) is 12.3. The van der Waals surface area contributed by atoms with Crippen LogP contribution in [0.4, 0.5) is 0 Å². The van der Waals surface area contributed by atoms with E-state index in [9.17, 15) is 9.90 Å². The summed E-state index contributed by atoms with van der Waals surface area (Å²) < 4.78 is 10.6. The molecule has 0 saturated carbocycles. The van der Waals surface area contributed by atoms with Gasteiger partial charge in [0.2, 0.25) is 0 Å². The highest BCUT2D eigenvalue weighted by molar-refractivity contribution is 5.77. The Morgan fingerprint density at radius 1 is 1.30 bits per heavy atom. The Bertz CT molecular complexity index is 443. The van der Waals surface area contributed by atoms with Crippen molar-refractivity contribution in [3.8, 4) is 11.5 Å². The van der Waals surface area contributed by atoms with E-state index in [1.807, 2.05) is 13.8 Å². The predicted octanol–water partition coefficient (Wildman–Crippen LogP) is 1.90. The standard InChI is InChI=1S/C15H23NO4/c1-10(2)8-16-15(18)9-20-13-6-5-12(11(3)17)7-14(13)19-4/h5-7,10-11,17H,8-9H2,1-4H3,(H,16,18). The third-order valence-corrected chi connectivity index (χ3v) is 2.74. The molecule has 2 N–H and O–H groups in total. The van der Waals surface area contributed by atoms with E-state index in [2.05, 4.69) is 5.32 Å². The Hall–Kier alpha value is -1.75. The van der Waals surface area contributed by atoms with Crippen molar-refractivity contribution in [3.05, 3.63) is 23.8 Å². The highest BCUT2D eigenvalue weighted by atomic mass is 16.5. The molecule has 1 amide bonds. The van der Waals surface area contributed by atoms with Gasteiger partial charge in [0.25, 0.3) is 5.91 Å². The average molecular weight is 281 g/mol. The minimum Gasteiger partial charge on any atom is -0.493 e. The lowest BCUT2D eigenvalue weighted by Gasteiger charge is -2.13. The zero-order valence-electron chi connectivity index (χ0n) is 12.5. The third kappa shape index (κ3) is 5.09. The van der Waals surface area contributed by atoms with Crippen LogP contribution in [0.1, 0.15) is 32.4 Å². The van der Waals surface area contributed by atoms with E-state index in [0.717, 1.165) is 5.56 Å². The number of aliphatic hydroxyl groups excluding tert-OH is 1. The fourth-order valence-electron chi connectivity index (χ4n) is 1.58. The molecule has 1 aromatic rings. The Kier molecular flexibility index (Phi) is 6.31. The number of hydrogen-bond acceptors (Lipinski definition) is 4. The summed E-state index contributed by atoms with van der Waals surface area (Å²) in [6.07, 6.45) is -0.577. The molecule has 0 saturated heterocycles. The van der Waals surface area contributed by atoms with E-state index in [1.54, 1.807) is 25.1 Å². The number of hydrogen-bond donors (Lipinski definition) is 2. The molecule has 1 aromatic carbocycles. The highest BCUT2D eigenvalue weighted by Gasteiger charge is 2.10. The van der Waals surface area contributed by atoms with Crippen molar-refractivity contribution >= 4 is 5.91 Å². The number of carbonyl (C=O) groups excluding carboxylic acids is 1. The molecule has 1 atom stereocenters. The highest BCUT2D eigenvalue weighted by Crippen LogP contribution is 2.30. The van der Waals surface area contributed by atoms with Gasteiger partial charge in [-0.3, -0.25) is 4.79 Å². The molecule has 112 valence electrons. The van der Waals surface area contributed by atoms with E-state index in [-0.39, 0.29) is 12.5 Å². The molecule has 0 aliphatic heterocycles. The molecule has 1 rings (SSSR count). The van der Waals surface area contributed by atoms with Gasteiger partial charge in [-0.05, 0) is 30.5 Å². The Morgan fingerprint density at radius 2 is 2.00 bits per heavy atom. The van der Waals surface area contributed by atoms with Gasteiger partial charge in [0.05, 0.1) is 13.2 Å². The molecule has 0 heterocycles. The van der Waals surface area contributed by atoms with Crippen molar-refractivity contribution in [2.45, 2.75) is 26.9 Å². The quantitative estimate of drug-likeness (QED) is 0.801. The number of benzene rings is 1. The Morgan fingerprint density at radius 3 is 2.55 bits per heavy atom. The minimum atomic E-state index is -0.577. The predicted molar refractivity (Wildman–Crippen MR) is 77.0 cm³/mol. The van der Waals surface area contributed by atoms with Crippen molar-refractivity contribution in [2.75, 3.05) is 20.3 Å². The summed E-state index contributed by atoms with van der Waals surface area (Å²) in [5.41, 5.74) is 0.735. The molecule has 0 fully saturated rings. The van der Waals surface area contributed by atoms with Crippen LogP contribution in [-0.2, 0) is 4.79 Å². The van der Waals surface area contributed by atoms with Crippen LogP contribution in [-0.4, -0.2) is 31.3 Å². The Labute approximate surface area is 119 Å². The van der Waals surface area contributed by atoms with E-state index < -0.39 is 6.10 Å². The second kappa shape index (κ2) is 7.75. The maximum absolute atomic E-state index is 11.6. The van der Waals surface area contributed by atoms with Crippen molar-refractivity contribution in [3.63, 3.8) is 0 Å². The Balaban J connectivity index is 2.61. The van der Waals surface area contributed by atoms with Crippen LogP contribution in [0.5, 0.6) is 11.5 Å². The van der Waals surface area contributed by atoms with Crippen molar-refractivity contribution in [1.29, 1.82) is 0 Å². The van der Waals surface area contributed by atoms with Gasteiger partial charge in [-0.25, -0.2) is 0 Å². The van der Waals surface area contributed by atoms with Crippen LogP contribution in [0.25, 0.3) is 0 Å². The third-order valence-electron chi connectivity index (χ3n) is 2.74. The molecule has 0 aliphatic rings. The molecule has 0 spiro atoms. The fraction of sp³-hybridized carbons (Fsp3) is 0.533. The zero-order chi connectivity index (χ0) is 15.1. The summed E-state index contributed by atoms with van der Waals surface area (Å²) in [6.45, 7) is 6.30. The first-order chi connectivity index (χ1) is 9.43. The molecule has 0 aliphatic carbocycles. The second-order valence-corrected chi connectivity index (χ2v) is 5.07. The fourth-order valence-corrected chi connectivity index (χ4v) is 1.58. The van der Waals surface area contributed by atoms with Crippen LogP contribution >= 0.6 is 0 Å². The molecule has 1 unspecified atom stereocenters. The maximum Gasteiger partial charge on any atom is 0.257 e. The molecule has 0 bridgehead atoms. The first-order valence-electron chi connectivity index (χ1n) is 6.69. The molecule has 0 aromatic heterocycles. The molecular formula is C15H23NO4. The number of amides is 1. The number of methoxy groups -OCH3 is 1. The van der Waals surface area contributed by atoms with Crippen molar-refractivity contribution < 1.29 is 19.4 Å². The molecular weight excluding hydrogens is 258 g/mol. The van der Waals surface area contributed by atoms with E-state index >= 15 is 0 Å². The van der Waals surface area contributed by atoms with Crippen LogP contribution in [0.2, 0.25) is 0 Å². The van der Waals surface area contributed by atoms with Crippen LogP contribution in [0, 0.1) is 5.92 Å². The normalized spacial score (nSPS) is 12.1. The van der Waals surface area contributed by atoms with Crippen LogP contribution < -0.4 is 14.8 Å². The first kappa shape index (κ1) is 16.3. The van der Waals surface area contributed by atoms with Crippen LogP contribution in [0.15, 0.2) is 18.2 Å². The molecule has 5 nitrogen and oxygen atoms in total. The van der Waals surface area contributed by atoms with Gasteiger partial charge in [-0.1, -0.05) is 19.9 Å². The van der Waals surface area contributed by atoms with E-state index in [1.165, 1.54) is 7.11 Å². The van der Waals surface area contributed by atoms with Gasteiger partial charge in [0, 0.05) is 6.54 Å². The number of aliphatic hydroxyl groups is 1. The summed E-state index contributed by atoms with van der Waals surface area (Å²) in [6, 6.07) is 5.14. The van der Waals surface area contributed by atoms with Gasteiger partial charge in [0.15, 0.2) is 18.1 Å². The minimum absolute atomic E-state index is 0.0584. The van der Waals surface area contributed by atoms with Gasteiger partial charge in [0.1, 0.15) is 0 Å². The lowest BCUT2D eigenvalue weighted by atomic mass is 10.1. The SMILES string of the molecule is COc1cc(C(C)O)ccc1OCC(=O)NCC(C)C. The maximum atomic E-state index is 11.6. The van der Waals surface area contributed by atoms with Crippen LogP contribution in [0.3, 0.4) is 0 Å². The van der Waals surface area contributed by atoms with Gasteiger partial charge in [-0.15, -0.1) is 0 Å². The lowest BCUT2D eigenvalue weighted by Crippen LogP contribution is -2.31. The monoisotopic (exact) mass is 281 g/mol. The number of carbonyl (C=O) groups is 1. The summed E-state index contributed by atoms with van der Waals surface area (Å²) in [7, 11) is 1.52.